The zero-order valence-corrected chi connectivity index (χ0v) is 11.8. The molecule has 3 nitrogen and oxygen atoms in total. The van der Waals surface area contributed by atoms with Gasteiger partial charge < -0.3 is 5.32 Å². The van der Waals surface area contributed by atoms with E-state index in [1.807, 2.05) is 0 Å². The van der Waals surface area contributed by atoms with Gasteiger partial charge in [0.05, 0.1) is 12.1 Å². The largest absolute Gasteiger partial charge is 0.348 e. The lowest BCUT2D eigenvalue weighted by atomic mass is 9.85. The molecule has 0 aromatic carbocycles. The summed E-state index contributed by atoms with van der Waals surface area (Å²) >= 11 is 1.78. The molecule has 19 heavy (non-hydrogen) atoms. The molecule has 1 saturated carbocycles. The average Bonchev–Trinajstić information content (AvgIpc) is 3.08. The highest BCUT2D eigenvalue weighted by molar-refractivity contribution is 7.10. The Balaban J connectivity index is 1.76. The van der Waals surface area contributed by atoms with Crippen LogP contribution in [0.4, 0.5) is 0 Å². The van der Waals surface area contributed by atoms with Crippen molar-refractivity contribution >= 4 is 17.2 Å². The number of nitrogens with one attached hydrogen (secondary N) is 1. The van der Waals surface area contributed by atoms with Crippen molar-refractivity contribution in [2.75, 3.05) is 0 Å². The van der Waals surface area contributed by atoms with Gasteiger partial charge in [0.15, 0.2) is 0 Å². The number of hydrogen-bond acceptors (Lipinski definition) is 3. The molecule has 1 atom stereocenters. The van der Waals surface area contributed by atoms with Crippen molar-refractivity contribution in [1.82, 2.24) is 5.32 Å². The highest BCUT2D eigenvalue weighted by Gasteiger charge is 2.42. The molecule has 1 aromatic heterocycles. The smallest absolute Gasteiger partial charge is 0.240 e. The zero-order chi connectivity index (χ0) is 13.3. The van der Waals surface area contributed by atoms with Gasteiger partial charge in [-0.3, -0.25) is 4.79 Å². The number of nitrogens with zero attached hydrogens (tertiary/aromatic N) is 1. The van der Waals surface area contributed by atoms with Gasteiger partial charge in [0.1, 0.15) is 5.41 Å². The predicted octanol–water partition coefficient (Wildman–Crippen LogP) is 3.33. The van der Waals surface area contributed by atoms with E-state index in [1.165, 1.54) is 10.4 Å². The van der Waals surface area contributed by atoms with Gasteiger partial charge in [-0.2, -0.15) is 5.26 Å². The zero-order valence-electron chi connectivity index (χ0n) is 10.9. The Labute approximate surface area is 117 Å². The summed E-state index contributed by atoms with van der Waals surface area (Å²) in [4.78, 5) is 13.9. The number of fused-ring (bicyclic) bond motifs is 1. The van der Waals surface area contributed by atoms with Crippen LogP contribution < -0.4 is 5.32 Å². The Kier molecular flexibility index (Phi) is 3.32. The van der Waals surface area contributed by atoms with Crippen LogP contribution in [-0.2, 0) is 11.2 Å². The standard InChI is InChI=1S/C15H18N2OS/c16-10-15(7-1-2-8-15)14(18)17-12-4-3-5-13-11(12)6-9-19-13/h6,9,12H,1-5,7-8H2,(H,17,18). The van der Waals surface area contributed by atoms with E-state index in [4.69, 9.17) is 0 Å². The minimum atomic E-state index is -0.756. The molecule has 1 unspecified atom stereocenters. The van der Waals surface area contributed by atoms with Crippen molar-refractivity contribution in [3.05, 3.63) is 21.9 Å². The first-order chi connectivity index (χ1) is 9.25. The molecule has 0 aliphatic heterocycles. The van der Waals surface area contributed by atoms with Crippen LogP contribution in [0, 0.1) is 16.7 Å². The van der Waals surface area contributed by atoms with Gasteiger partial charge >= 0.3 is 0 Å². The van der Waals surface area contributed by atoms with Crippen LogP contribution >= 0.6 is 11.3 Å². The van der Waals surface area contributed by atoms with Gasteiger partial charge in [0.25, 0.3) is 0 Å². The molecule has 1 aromatic rings. The summed E-state index contributed by atoms with van der Waals surface area (Å²) in [6.07, 6.45) is 6.68. The average molecular weight is 274 g/mol. The summed E-state index contributed by atoms with van der Waals surface area (Å²) in [5.41, 5.74) is 0.517. The third kappa shape index (κ3) is 2.17. The fourth-order valence-corrected chi connectivity index (χ4v) is 4.29. The third-order valence-electron chi connectivity index (χ3n) is 4.46. The number of aryl methyl sites for hydroxylation is 1. The lowest BCUT2D eigenvalue weighted by Crippen LogP contribution is -2.41. The molecular formula is C15H18N2OS. The quantitative estimate of drug-likeness (QED) is 0.899. The fraction of sp³-hybridized carbons (Fsp3) is 0.600. The van der Waals surface area contributed by atoms with Crippen LogP contribution in [0.15, 0.2) is 11.4 Å². The van der Waals surface area contributed by atoms with E-state index in [9.17, 15) is 10.1 Å². The van der Waals surface area contributed by atoms with Gasteiger partial charge in [-0.25, -0.2) is 0 Å². The maximum Gasteiger partial charge on any atom is 0.240 e. The molecule has 0 saturated heterocycles. The van der Waals surface area contributed by atoms with Crippen molar-refractivity contribution in [2.45, 2.75) is 51.0 Å². The summed E-state index contributed by atoms with van der Waals surface area (Å²) in [5.74, 6) is -0.0449. The van der Waals surface area contributed by atoms with Crippen LogP contribution in [0.2, 0.25) is 0 Å². The van der Waals surface area contributed by atoms with Crippen molar-refractivity contribution in [2.24, 2.45) is 5.41 Å². The van der Waals surface area contributed by atoms with Gasteiger partial charge in [-0.1, -0.05) is 12.8 Å². The molecule has 1 heterocycles. The summed E-state index contributed by atoms with van der Waals surface area (Å²) in [5, 5.41) is 14.6. The molecule has 0 bridgehead atoms. The van der Waals surface area contributed by atoms with Crippen LogP contribution in [-0.4, -0.2) is 5.91 Å². The first-order valence-electron chi connectivity index (χ1n) is 7.04. The highest BCUT2D eigenvalue weighted by atomic mass is 32.1. The van der Waals surface area contributed by atoms with E-state index in [-0.39, 0.29) is 11.9 Å². The number of amides is 1. The van der Waals surface area contributed by atoms with Crippen molar-refractivity contribution in [3.8, 4) is 6.07 Å². The number of nitriles is 1. The minimum Gasteiger partial charge on any atom is -0.348 e. The lowest BCUT2D eigenvalue weighted by molar-refractivity contribution is -0.128. The molecule has 1 amide bonds. The van der Waals surface area contributed by atoms with Gasteiger partial charge in [-0.15, -0.1) is 11.3 Å². The van der Waals surface area contributed by atoms with Crippen LogP contribution in [0.1, 0.15) is 55.0 Å². The second-order valence-corrected chi connectivity index (χ2v) is 6.62. The summed E-state index contributed by atoms with van der Waals surface area (Å²) in [7, 11) is 0. The summed E-state index contributed by atoms with van der Waals surface area (Å²) < 4.78 is 0. The van der Waals surface area contributed by atoms with Gasteiger partial charge in [0, 0.05) is 4.88 Å². The summed E-state index contributed by atoms with van der Waals surface area (Å²) in [6.45, 7) is 0. The number of thiophene rings is 1. The van der Waals surface area contributed by atoms with Crippen molar-refractivity contribution in [1.29, 1.82) is 5.26 Å². The fourth-order valence-electron chi connectivity index (χ4n) is 3.30. The van der Waals surface area contributed by atoms with Gasteiger partial charge in [-0.05, 0) is 49.1 Å². The molecule has 2 aliphatic rings. The highest BCUT2D eigenvalue weighted by Crippen LogP contribution is 2.39. The number of carbonyl (C=O) groups is 1. The molecule has 100 valence electrons. The molecule has 1 N–H and O–H groups in total. The Morgan fingerprint density at radius 2 is 2.21 bits per heavy atom. The molecule has 0 spiro atoms. The molecule has 4 heteroatoms. The first-order valence-corrected chi connectivity index (χ1v) is 7.92. The SMILES string of the molecule is N#CC1(C(=O)NC2CCCc3sccc32)CCCC1. The minimum absolute atomic E-state index is 0.0449. The van der Waals surface area contributed by atoms with E-state index in [2.05, 4.69) is 22.8 Å². The van der Waals surface area contributed by atoms with Crippen LogP contribution in [0.25, 0.3) is 0 Å². The third-order valence-corrected chi connectivity index (χ3v) is 5.46. The van der Waals surface area contributed by atoms with E-state index in [1.54, 1.807) is 11.3 Å². The first kappa shape index (κ1) is 12.7. The summed E-state index contributed by atoms with van der Waals surface area (Å²) in [6, 6.07) is 4.52. The Morgan fingerprint density at radius 1 is 1.42 bits per heavy atom. The molecular weight excluding hydrogens is 256 g/mol. The second-order valence-electron chi connectivity index (χ2n) is 5.62. The van der Waals surface area contributed by atoms with Crippen LogP contribution in [0.3, 0.4) is 0 Å². The van der Waals surface area contributed by atoms with Gasteiger partial charge in [0.2, 0.25) is 5.91 Å². The van der Waals surface area contributed by atoms with E-state index in [0.717, 1.165) is 44.9 Å². The molecule has 2 aliphatic carbocycles. The number of hydrogen-bond donors (Lipinski definition) is 1. The van der Waals surface area contributed by atoms with Crippen molar-refractivity contribution in [3.63, 3.8) is 0 Å². The Bertz CT molecular complexity index is 522. The molecule has 3 rings (SSSR count). The maximum atomic E-state index is 12.5. The maximum absolute atomic E-state index is 12.5. The van der Waals surface area contributed by atoms with Crippen molar-refractivity contribution < 1.29 is 4.79 Å². The monoisotopic (exact) mass is 274 g/mol. The second kappa shape index (κ2) is 4.97. The normalized spacial score (nSPS) is 24.5. The van der Waals surface area contributed by atoms with E-state index < -0.39 is 5.41 Å². The number of carbonyl (C=O) groups excluding carboxylic acids is 1. The Morgan fingerprint density at radius 3 is 2.95 bits per heavy atom. The predicted molar refractivity (Wildman–Crippen MR) is 74.7 cm³/mol. The Hall–Kier alpha value is -1.34. The molecule has 0 radical (unpaired) electrons. The lowest BCUT2D eigenvalue weighted by Gasteiger charge is -2.27. The van der Waals surface area contributed by atoms with Crippen LogP contribution in [0.5, 0.6) is 0 Å². The molecule has 1 fully saturated rings. The number of rotatable bonds is 2. The topological polar surface area (TPSA) is 52.9 Å². The van der Waals surface area contributed by atoms with E-state index in [0.29, 0.717) is 0 Å². The van der Waals surface area contributed by atoms with E-state index >= 15 is 0 Å².